The summed E-state index contributed by atoms with van der Waals surface area (Å²) < 4.78 is 1.68. The molecule has 120 valence electrons. The zero-order valence-corrected chi connectivity index (χ0v) is 13.2. The van der Waals surface area contributed by atoms with E-state index in [4.69, 9.17) is 0 Å². The molecule has 0 atom stereocenters. The Balaban J connectivity index is 1.36. The number of rotatable bonds is 4. The standard InChI is InChI=1S/C17H21N5O/c23-17-7-15-3-1-2-4-16(15)20-22(17)12-14-10-21(11-14)9-13-5-6-18-19-8-13/h5-8,14H,1-4,9-12H2. The van der Waals surface area contributed by atoms with Crippen molar-refractivity contribution in [1.82, 2.24) is 24.9 Å². The lowest BCUT2D eigenvalue weighted by atomic mass is 9.96. The van der Waals surface area contributed by atoms with Gasteiger partial charge in [0.2, 0.25) is 0 Å². The van der Waals surface area contributed by atoms with Gasteiger partial charge in [0.05, 0.1) is 18.4 Å². The Hall–Kier alpha value is -2.08. The molecule has 1 fully saturated rings. The molecule has 4 rings (SSSR count). The van der Waals surface area contributed by atoms with Crippen molar-refractivity contribution in [3.05, 3.63) is 51.7 Å². The minimum atomic E-state index is 0.0578. The Morgan fingerprint density at radius 3 is 2.87 bits per heavy atom. The number of nitrogens with zero attached hydrogens (tertiary/aromatic N) is 5. The van der Waals surface area contributed by atoms with E-state index >= 15 is 0 Å². The first-order valence-electron chi connectivity index (χ1n) is 8.36. The van der Waals surface area contributed by atoms with Crippen LogP contribution in [0.15, 0.2) is 29.3 Å². The highest BCUT2D eigenvalue weighted by atomic mass is 16.1. The molecule has 3 heterocycles. The normalized spacial score (nSPS) is 18.4. The molecule has 0 amide bonds. The maximum Gasteiger partial charge on any atom is 0.267 e. The van der Waals surface area contributed by atoms with Crippen LogP contribution in [-0.2, 0) is 25.9 Å². The fourth-order valence-corrected chi connectivity index (χ4v) is 3.57. The molecule has 2 aromatic rings. The van der Waals surface area contributed by atoms with Gasteiger partial charge in [-0.1, -0.05) is 0 Å². The predicted octanol–water partition coefficient (Wildman–Crippen LogP) is 1.04. The second-order valence-electron chi connectivity index (χ2n) is 6.65. The molecule has 0 unspecified atom stereocenters. The lowest BCUT2D eigenvalue weighted by Crippen LogP contribution is -2.49. The van der Waals surface area contributed by atoms with Crippen LogP contribution >= 0.6 is 0 Å². The number of aromatic nitrogens is 4. The quantitative estimate of drug-likeness (QED) is 0.844. The van der Waals surface area contributed by atoms with Gasteiger partial charge >= 0.3 is 0 Å². The number of aryl methyl sites for hydroxylation is 2. The maximum atomic E-state index is 12.2. The minimum Gasteiger partial charge on any atom is -0.298 e. The predicted molar refractivity (Wildman–Crippen MR) is 85.9 cm³/mol. The number of likely N-dealkylation sites (tertiary alicyclic amines) is 1. The second kappa shape index (κ2) is 6.20. The summed E-state index contributed by atoms with van der Waals surface area (Å²) in [6, 6.07) is 3.80. The maximum absolute atomic E-state index is 12.2. The average Bonchev–Trinajstić information content (AvgIpc) is 2.54. The van der Waals surface area contributed by atoms with Crippen molar-refractivity contribution in [3.63, 3.8) is 0 Å². The van der Waals surface area contributed by atoms with Gasteiger partial charge in [-0.05, 0) is 42.9 Å². The number of hydrogen-bond donors (Lipinski definition) is 0. The molecule has 1 aliphatic carbocycles. The Labute approximate surface area is 135 Å². The lowest BCUT2D eigenvalue weighted by molar-refractivity contribution is 0.0763. The Morgan fingerprint density at radius 2 is 2.04 bits per heavy atom. The van der Waals surface area contributed by atoms with Crippen LogP contribution in [0.2, 0.25) is 0 Å². The Bertz CT molecular complexity index is 736. The van der Waals surface area contributed by atoms with Gasteiger partial charge in [-0.25, -0.2) is 4.68 Å². The van der Waals surface area contributed by atoms with Gasteiger partial charge in [-0.15, -0.1) is 0 Å². The van der Waals surface area contributed by atoms with Crippen LogP contribution in [0.5, 0.6) is 0 Å². The van der Waals surface area contributed by atoms with Crippen molar-refractivity contribution in [1.29, 1.82) is 0 Å². The SMILES string of the molecule is O=c1cc2c(nn1CC1CN(Cc3ccnnc3)C1)CCCC2. The molecule has 2 aromatic heterocycles. The molecule has 0 bridgehead atoms. The van der Waals surface area contributed by atoms with Crippen LogP contribution in [0.1, 0.15) is 29.7 Å². The highest BCUT2D eigenvalue weighted by Gasteiger charge is 2.27. The van der Waals surface area contributed by atoms with Crippen molar-refractivity contribution in [2.75, 3.05) is 13.1 Å². The molecular formula is C17H21N5O. The smallest absolute Gasteiger partial charge is 0.267 e. The summed E-state index contributed by atoms with van der Waals surface area (Å²) in [5.74, 6) is 0.511. The first-order valence-corrected chi connectivity index (χ1v) is 8.36. The van der Waals surface area contributed by atoms with Gasteiger partial charge in [0, 0.05) is 37.8 Å². The van der Waals surface area contributed by atoms with Gasteiger partial charge < -0.3 is 0 Å². The molecule has 0 spiro atoms. The molecule has 6 nitrogen and oxygen atoms in total. The van der Waals surface area contributed by atoms with E-state index < -0.39 is 0 Å². The average molecular weight is 311 g/mol. The van der Waals surface area contributed by atoms with Crippen molar-refractivity contribution >= 4 is 0 Å². The molecule has 1 saturated heterocycles. The summed E-state index contributed by atoms with van der Waals surface area (Å²) in [6.07, 6.45) is 7.93. The second-order valence-corrected chi connectivity index (χ2v) is 6.65. The molecule has 0 aromatic carbocycles. The van der Waals surface area contributed by atoms with Crippen LogP contribution in [0.3, 0.4) is 0 Å². The van der Waals surface area contributed by atoms with Crippen LogP contribution in [0.4, 0.5) is 0 Å². The molecule has 0 saturated carbocycles. The van der Waals surface area contributed by atoms with Crippen molar-refractivity contribution in [3.8, 4) is 0 Å². The zero-order valence-electron chi connectivity index (χ0n) is 13.2. The third kappa shape index (κ3) is 3.17. The number of fused-ring (bicyclic) bond motifs is 1. The summed E-state index contributed by atoms with van der Waals surface area (Å²) in [5, 5.41) is 12.3. The van der Waals surface area contributed by atoms with E-state index in [9.17, 15) is 4.79 Å². The van der Waals surface area contributed by atoms with Gasteiger partial charge in [-0.2, -0.15) is 15.3 Å². The van der Waals surface area contributed by atoms with E-state index in [1.54, 1.807) is 16.9 Å². The first kappa shape index (κ1) is 14.5. The summed E-state index contributed by atoms with van der Waals surface area (Å²) in [6.45, 7) is 3.65. The van der Waals surface area contributed by atoms with E-state index in [0.29, 0.717) is 5.92 Å². The fourth-order valence-electron chi connectivity index (χ4n) is 3.57. The van der Waals surface area contributed by atoms with Crippen LogP contribution in [-0.4, -0.2) is 38.0 Å². The van der Waals surface area contributed by atoms with Gasteiger partial charge in [0.25, 0.3) is 5.56 Å². The first-order chi connectivity index (χ1) is 11.3. The lowest BCUT2D eigenvalue weighted by Gasteiger charge is -2.39. The number of hydrogen-bond acceptors (Lipinski definition) is 5. The molecule has 0 N–H and O–H groups in total. The van der Waals surface area contributed by atoms with Gasteiger partial charge in [0.15, 0.2) is 0 Å². The van der Waals surface area contributed by atoms with Crippen molar-refractivity contribution < 1.29 is 0 Å². The summed E-state index contributed by atoms with van der Waals surface area (Å²) in [5.41, 5.74) is 3.54. The van der Waals surface area contributed by atoms with E-state index in [1.807, 2.05) is 12.3 Å². The monoisotopic (exact) mass is 311 g/mol. The van der Waals surface area contributed by atoms with Crippen LogP contribution in [0, 0.1) is 5.92 Å². The van der Waals surface area contributed by atoms with Gasteiger partial charge in [-0.3, -0.25) is 9.69 Å². The van der Waals surface area contributed by atoms with E-state index in [-0.39, 0.29) is 5.56 Å². The molecule has 6 heteroatoms. The summed E-state index contributed by atoms with van der Waals surface area (Å²) >= 11 is 0. The van der Waals surface area contributed by atoms with Gasteiger partial charge in [0.1, 0.15) is 0 Å². The topological polar surface area (TPSA) is 63.9 Å². The molecule has 1 aliphatic heterocycles. The molecular weight excluding hydrogens is 290 g/mol. The van der Waals surface area contributed by atoms with Crippen molar-refractivity contribution in [2.45, 2.75) is 38.8 Å². The Morgan fingerprint density at radius 1 is 1.17 bits per heavy atom. The van der Waals surface area contributed by atoms with Crippen molar-refractivity contribution in [2.24, 2.45) is 5.92 Å². The van der Waals surface area contributed by atoms with E-state index in [0.717, 1.165) is 50.3 Å². The van der Waals surface area contributed by atoms with E-state index in [1.165, 1.54) is 18.4 Å². The third-order valence-electron chi connectivity index (χ3n) is 4.79. The summed E-state index contributed by atoms with van der Waals surface area (Å²) in [7, 11) is 0. The van der Waals surface area contributed by atoms with E-state index in [2.05, 4.69) is 20.2 Å². The summed E-state index contributed by atoms with van der Waals surface area (Å²) in [4.78, 5) is 14.6. The minimum absolute atomic E-state index is 0.0578. The highest BCUT2D eigenvalue weighted by Crippen LogP contribution is 2.20. The highest BCUT2D eigenvalue weighted by molar-refractivity contribution is 5.20. The molecule has 0 radical (unpaired) electrons. The largest absolute Gasteiger partial charge is 0.298 e. The Kier molecular flexibility index (Phi) is 3.91. The fraction of sp³-hybridized carbons (Fsp3) is 0.529. The molecule has 2 aliphatic rings. The van der Waals surface area contributed by atoms with Crippen LogP contribution < -0.4 is 5.56 Å². The third-order valence-corrected chi connectivity index (χ3v) is 4.79. The zero-order chi connectivity index (χ0) is 15.6. The molecule has 23 heavy (non-hydrogen) atoms. The van der Waals surface area contributed by atoms with Crippen LogP contribution in [0.25, 0.3) is 0 Å².